The normalized spacial score (nSPS) is 19.3. The van der Waals surface area contributed by atoms with Crippen LogP contribution in [0.2, 0.25) is 0 Å². The van der Waals surface area contributed by atoms with Crippen LogP contribution < -0.4 is 0 Å². The zero-order valence-electron chi connectivity index (χ0n) is 11.4. The monoisotopic (exact) mass is 323 g/mol. The Morgan fingerprint density at radius 2 is 2.16 bits per heavy atom. The Hall–Kier alpha value is -1.16. The standard InChI is InChI=1S/C15H18BrNO2/c1-4-15(2,3)14(19)17-12(9-13(17)18)10-6-5-7-11(16)8-10/h5-8,12H,4,9H2,1-3H3. The van der Waals surface area contributed by atoms with Gasteiger partial charge in [0.05, 0.1) is 12.5 Å². The first-order chi connectivity index (χ1) is 8.86. The van der Waals surface area contributed by atoms with Gasteiger partial charge in [-0.3, -0.25) is 14.5 Å². The molecule has 2 rings (SSSR count). The number of carbonyl (C=O) groups is 2. The van der Waals surface area contributed by atoms with Crippen molar-refractivity contribution in [2.24, 2.45) is 5.41 Å². The molecule has 19 heavy (non-hydrogen) atoms. The van der Waals surface area contributed by atoms with Crippen LogP contribution in [-0.2, 0) is 9.59 Å². The van der Waals surface area contributed by atoms with E-state index in [9.17, 15) is 9.59 Å². The molecule has 0 N–H and O–H groups in total. The maximum absolute atomic E-state index is 12.5. The highest BCUT2D eigenvalue weighted by molar-refractivity contribution is 9.10. The van der Waals surface area contributed by atoms with Crippen molar-refractivity contribution in [3.63, 3.8) is 0 Å². The Morgan fingerprint density at radius 3 is 2.68 bits per heavy atom. The van der Waals surface area contributed by atoms with Gasteiger partial charge in [-0.2, -0.15) is 0 Å². The van der Waals surface area contributed by atoms with E-state index in [0.717, 1.165) is 16.5 Å². The number of imide groups is 1. The molecule has 1 saturated heterocycles. The summed E-state index contributed by atoms with van der Waals surface area (Å²) in [6, 6.07) is 7.68. The summed E-state index contributed by atoms with van der Waals surface area (Å²) in [5, 5.41) is 0. The van der Waals surface area contributed by atoms with E-state index in [1.165, 1.54) is 4.90 Å². The molecular weight excluding hydrogens is 306 g/mol. The van der Waals surface area contributed by atoms with Gasteiger partial charge in [0, 0.05) is 9.89 Å². The molecule has 4 heteroatoms. The van der Waals surface area contributed by atoms with Crippen LogP contribution in [0, 0.1) is 5.41 Å². The van der Waals surface area contributed by atoms with E-state index >= 15 is 0 Å². The highest BCUT2D eigenvalue weighted by Gasteiger charge is 2.45. The first-order valence-corrected chi connectivity index (χ1v) is 7.28. The van der Waals surface area contributed by atoms with Gasteiger partial charge >= 0.3 is 0 Å². The number of rotatable bonds is 3. The molecule has 1 atom stereocenters. The van der Waals surface area contributed by atoms with Crippen molar-refractivity contribution in [1.29, 1.82) is 0 Å². The molecule has 1 fully saturated rings. The van der Waals surface area contributed by atoms with Gasteiger partial charge < -0.3 is 0 Å². The number of likely N-dealkylation sites (tertiary alicyclic amines) is 1. The summed E-state index contributed by atoms with van der Waals surface area (Å²) in [4.78, 5) is 25.7. The number of amides is 2. The number of carbonyl (C=O) groups excluding carboxylic acids is 2. The van der Waals surface area contributed by atoms with Crippen molar-refractivity contribution < 1.29 is 9.59 Å². The van der Waals surface area contributed by atoms with Crippen molar-refractivity contribution in [3.8, 4) is 0 Å². The molecule has 1 aliphatic heterocycles. The molecule has 0 radical (unpaired) electrons. The van der Waals surface area contributed by atoms with Crippen molar-refractivity contribution in [1.82, 2.24) is 4.90 Å². The second-order valence-corrected chi connectivity index (χ2v) is 6.50. The van der Waals surface area contributed by atoms with Gasteiger partial charge in [-0.05, 0) is 24.1 Å². The molecule has 1 unspecified atom stereocenters. The lowest BCUT2D eigenvalue weighted by Crippen LogP contribution is -2.54. The van der Waals surface area contributed by atoms with Crippen LogP contribution in [0.15, 0.2) is 28.7 Å². The van der Waals surface area contributed by atoms with E-state index in [-0.39, 0.29) is 17.9 Å². The summed E-state index contributed by atoms with van der Waals surface area (Å²) in [6.07, 6.45) is 1.14. The maximum Gasteiger partial charge on any atom is 0.235 e. The smallest absolute Gasteiger partial charge is 0.235 e. The SMILES string of the molecule is CCC(C)(C)C(=O)N1C(=O)CC1c1cccc(Br)c1. The van der Waals surface area contributed by atoms with Crippen molar-refractivity contribution >= 4 is 27.7 Å². The third-order valence-electron chi connectivity index (χ3n) is 3.86. The third-order valence-corrected chi connectivity index (χ3v) is 4.36. The largest absolute Gasteiger partial charge is 0.274 e. The lowest BCUT2D eigenvalue weighted by molar-refractivity contribution is -0.164. The van der Waals surface area contributed by atoms with E-state index in [2.05, 4.69) is 15.9 Å². The number of hydrogen-bond acceptors (Lipinski definition) is 2. The molecule has 0 saturated carbocycles. The Kier molecular flexibility index (Phi) is 3.81. The summed E-state index contributed by atoms with van der Waals surface area (Å²) in [6.45, 7) is 5.74. The van der Waals surface area contributed by atoms with Crippen molar-refractivity contribution in [2.45, 2.75) is 39.7 Å². The van der Waals surface area contributed by atoms with Crippen LogP contribution in [0.5, 0.6) is 0 Å². The molecule has 0 spiro atoms. The lowest BCUT2D eigenvalue weighted by Gasteiger charge is -2.42. The first-order valence-electron chi connectivity index (χ1n) is 6.49. The molecule has 0 aromatic heterocycles. The minimum absolute atomic E-state index is 0.0727. The zero-order valence-corrected chi connectivity index (χ0v) is 13.0. The predicted octanol–water partition coefficient (Wildman–Crippen LogP) is 3.69. The van der Waals surface area contributed by atoms with Crippen LogP contribution in [-0.4, -0.2) is 16.7 Å². The third kappa shape index (κ3) is 2.59. The lowest BCUT2D eigenvalue weighted by atomic mass is 9.84. The summed E-state index contributed by atoms with van der Waals surface area (Å²) in [7, 11) is 0. The molecule has 0 aliphatic carbocycles. The van der Waals surface area contributed by atoms with Crippen LogP contribution >= 0.6 is 15.9 Å². The van der Waals surface area contributed by atoms with Gasteiger partial charge in [0.25, 0.3) is 0 Å². The Balaban J connectivity index is 2.26. The van der Waals surface area contributed by atoms with E-state index in [1.54, 1.807) is 0 Å². The van der Waals surface area contributed by atoms with Gasteiger partial charge in [0.2, 0.25) is 11.8 Å². The topological polar surface area (TPSA) is 37.4 Å². The highest BCUT2D eigenvalue weighted by Crippen LogP contribution is 2.39. The maximum atomic E-state index is 12.5. The van der Waals surface area contributed by atoms with Crippen LogP contribution in [0.1, 0.15) is 45.2 Å². The Morgan fingerprint density at radius 1 is 1.47 bits per heavy atom. The quantitative estimate of drug-likeness (QED) is 0.795. The number of halogens is 1. The molecule has 1 aromatic rings. The highest BCUT2D eigenvalue weighted by atomic mass is 79.9. The van der Waals surface area contributed by atoms with Gasteiger partial charge in [-0.1, -0.05) is 48.8 Å². The van der Waals surface area contributed by atoms with Crippen molar-refractivity contribution in [2.75, 3.05) is 0 Å². The Labute approximate surface area is 122 Å². The fraction of sp³-hybridized carbons (Fsp3) is 0.467. The molecule has 1 heterocycles. The number of nitrogens with zero attached hydrogens (tertiary/aromatic N) is 1. The van der Waals surface area contributed by atoms with Crippen molar-refractivity contribution in [3.05, 3.63) is 34.3 Å². The summed E-state index contributed by atoms with van der Waals surface area (Å²) >= 11 is 3.42. The van der Waals surface area contributed by atoms with Gasteiger partial charge in [0.15, 0.2) is 0 Å². The van der Waals surface area contributed by atoms with Gasteiger partial charge in [-0.15, -0.1) is 0 Å². The molecule has 2 amide bonds. The summed E-state index contributed by atoms with van der Waals surface area (Å²) < 4.78 is 0.964. The first kappa shape index (κ1) is 14.3. The average molecular weight is 324 g/mol. The predicted molar refractivity (Wildman–Crippen MR) is 77.4 cm³/mol. The molecule has 0 bridgehead atoms. The average Bonchev–Trinajstić information content (AvgIpc) is 2.35. The van der Waals surface area contributed by atoms with Gasteiger partial charge in [0.1, 0.15) is 0 Å². The fourth-order valence-corrected chi connectivity index (χ4v) is 2.55. The zero-order chi connectivity index (χ0) is 14.2. The van der Waals surface area contributed by atoms with E-state index in [1.807, 2.05) is 45.0 Å². The van der Waals surface area contributed by atoms with Gasteiger partial charge in [-0.25, -0.2) is 0 Å². The van der Waals surface area contributed by atoms with E-state index < -0.39 is 5.41 Å². The van der Waals surface area contributed by atoms with Crippen LogP contribution in [0.4, 0.5) is 0 Å². The minimum Gasteiger partial charge on any atom is -0.274 e. The molecule has 3 nitrogen and oxygen atoms in total. The second-order valence-electron chi connectivity index (χ2n) is 5.58. The van der Waals surface area contributed by atoms with E-state index in [4.69, 9.17) is 0 Å². The number of hydrogen-bond donors (Lipinski definition) is 0. The number of β-lactam (4-membered cyclic amide) rings is 1. The second kappa shape index (κ2) is 5.08. The van der Waals surface area contributed by atoms with Crippen LogP contribution in [0.25, 0.3) is 0 Å². The number of benzene rings is 1. The fourth-order valence-electron chi connectivity index (χ4n) is 2.13. The van der Waals surface area contributed by atoms with E-state index in [0.29, 0.717) is 6.42 Å². The molecule has 102 valence electrons. The summed E-state index contributed by atoms with van der Waals surface area (Å²) in [5.41, 5.74) is 0.523. The minimum atomic E-state index is -0.486. The Bertz CT molecular complexity index is 525. The molecular formula is C15H18BrNO2. The molecule has 1 aliphatic rings. The van der Waals surface area contributed by atoms with Crippen LogP contribution in [0.3, 0.4) is 0 Å². The summed E-state index contributed by atoms with van der Waals surface area (Å²) in [5.74, 6) is -0.146. The molecule has 1 aromatic carbocycles.